The average molecular weight is 265 g/mol. The minimum atomic E-state index is -0.282. The molecule has 0 radical (unpaired) electrons. The van der Waals surface area contributed by atoms with Crippen molar-refractivity contribution in [2.45, 2.75) is 43.8 Å². The Balaban J connectivity index is 2.14. The van der Waals surface area contributed by atoms with Crippen molar-refractivity contribution >= 4 is 24.5 Å². The van der Waals surface area contributed by atoms with Crippen LogP contribution >= 0.6 is 11.9 Å². The highest BCUT2D eigenvalue weighted by Gasteiger charge is 2.51. The monoisotopic (exact) mass is 265 g/mol. The predicted molar refractivity (Wildman–Crippen MR) is 77.1 cm³/mol. The number of nitrogens with one attached hydrogen (secondary N) is 1. The van der Waals surface area contributed by atoms with Gasteiger partial charge in [-0.1, -0.05) is 12.1 Å². The summed E-state index contributed by atoms with van der Waals surface area (Å²) in [5.41, 5.74) is 0.501. The van der Waals surface area contributed by atoms with Gasteiger partial charge in [0.15, 0.2) is 0 Å². The summed E-state index contributed by atoms with van der Waals surface area (Å²) in [6.45, 7) is 8.27. The SMILES string of the molecule is CNSc1ccc(B2OC(C)(C)C(C)(C)O2)cc1. The molecule has 1 aromatic rings. The van der Waals surface area contributed by atoms with Crippen LogP contribution in [0.1, 0.15) is 27.7 Å². The van der Waals surface area contributed by atoms with Gasteiger partial charge >= 0.3 is 7.12 Å². The van der Waals surface area contributed by atoms with Crippen LogP contribution in [-0.2, 0) is 9.31 Å². The van der Waals surface area contributed by atoms with E-state index in [1.807, 2.05) is 7.05 Å². The minimum Gasteiger partial charge on any atom is -0.399 e. The molecule has 1 saturated heterocycles. The predicted octanol–water partition coefficient (Wildman–Crippen LogP) is 2.21. The third-order valence-corrected chi connectivity index (χ3v) is 4.34. The molecular formula is C13H20BNO2S. The summed E-state index contributed by atoms with van der Waals surface area (Å²) in [6, 6.07) is 8.26. The first-order valence-corrected chi connectivity index (χ1v) is 6.96. The fraction of sp³-hybridized carbons (Fsp3) is 0.538. The van der Waals surface area contributed by atoms with Crippen LogP contribution in [0, 0.1) is 0 Å². The molecule has 98 valence electrons. The summed E-state index contributed by atoms with van der Waals surface area (Å²) in [5, 5.41) is 0. The lowest BCUT2D eigenvalue weighted by atomic mass is 9.79. The van der Waals surface area contributed by atoms with E-state index >= 15 is 0 Å². The number of rotatable bonds is 3. The quantitative estimate of drug-likeness (QED) is 0.670. The average Bonchev–Trinajstić information content (AvgIpc) is 2.50. The van der Waals surface area contributed by atoms with Gasteiger partial charge in [-0.05, 0) is 64.3 Å². The lowest BCUT2D eigenvalue weighted by Gasteiger charge is -2.32. The fourth-order valence-corrected chi connectivity index (χ4v) is 2.30. The number of hydrogen-bond donors (Lipinski definition) is 1. The molecule has 0 aliphatic carbocycles. The second-order valence-corrected chi connectivity index (χ2v) is 6.55. The Hall–Kier alpha value is -0.485. The Kier molecular flexibility index (Phi) is 3.79. The Morgan fingerprint density at radius 2 is 1.50 bits per heavy atom. The largest absolute Gasteiger partial charge is 0.494 e. The summed E-state index contributed by atoms with van der Waals surface area (Å²) in [6.07, 6.45) is 0. The van der Waals surface area contributed by atoms with Gasteiger partial charge in [0.25, 0.3) is 0 Å². The van der Waals surface area contributed by atoms with Crippen LogP contribution in [0.5, 0.6) is 0 Å². The lowest BCUT2D eigenvalue weighted by Crippen LogP contribution is -2.41. The molecule has 1 fully saturated rings. The van der Waals surface area contributed by atoms with E-state index in [0.29, 0.717) is 0 Å². The van der Waals surface area contributed by atoms with E-state index in [-0.39, 0.29) is 18.3 Å². The Bertz CT molecular complexity index is 404. The van der Waals surface area contributed by atoms with Crippen molar-refractivity contribution in [3.63, 3.8) is 0 Å². The van der Waals surface area contributed by atoms with Gasteiger partial charge in [0.1, 0.15) is 0 Å². The highest BCUT2D eigenvalue weighted by molar-refractivity contribution is 7.97. The van der Waals surface area contributed by atoms with E-state index in [4.69, 9.17) is 9.31 Å². The molecule has 0 bridgehead atoms. The van der Waals surface area contributed by atoms with E-state index in [9.17, 15) is 0 Å². The lowest BCUT2D eigenvalue weighted by molar-refractivity contribution is 0.00578. The Morgan fingerprint density at radius 3 is 1.94 bits per heavy atom. The van der Waals surface area contributed by atoms with E-state index < -0.39 is 0 Å². The molecule has 3 nitrogen and oxygen atoms in total. The first-order valence-electron chi connectivity index (χ1n) is 6.15. The molecule has 1 aromatic carbocycles. The molecule has 0 unspecified atom stereocenters. The fourth-order valence-electron chi connectivity index (χ4n) is 1.79. The van der Waals surface area contributed by atoms with Crippen molar-refractivity contribution in [3.05, 3.63) is 24.3 Å². The summed E-state index contributed by atoms with van der Waals surface area (Å²) >= 11 is 1.59. The molecule has 0 atom stereocenters. The first-order chi connectivity index (χ1) is 8.36. The molecule has 1 N–H and O–H groups in total. The van der Waals surface area contributed by atoms with Crippen LogP contribution in [0.25, 0.3) is 0 Å². The van der Waals surface area contributed by atoms with Crippen molar-refractivity contribution in [1.82, 2.24) is 4.72 Å². The van der Waals surface area contributed by atoms with Crippen LogP contribution in [0.2, 0.25) is 0 Å². The van der Waals surface area contributed by atoms with Gasteiger partial charge in [-0.15, -0.1) is 0 Å². The van der Waals surface area contributed by atoms with Gasteiger partial charge in [0.05, 0.1) is 11.2 Å². The van der Waals surface area contributed by atoms with Crippen molar-refractivity contribution in [2.75, 3.05) is 7.05 Å². The normalized spacial score (nSPS) is 21.3. The van der Waals surface area contributed by atoms with Crippen molar-refractivity contribution < 1.29 is 9.31 Å². The zero-order chi connectivity index (χ0) is 13.4. The molecule has 1 aliphatic rings. The van der Waals surface area contributed by atoms with Gasteiger partial charge in [-0.2, -0.15) is 0 Å². The second kappa shape index (κ2) is 4.89. The highest BCUT2D eigenvalue weighted by atomic mass is 32.2. The van der Waals surface area contributed by atoms with Gasteiger partial charge in [0.2, 0.25) is 0 Å². The Labute approximate surface area is 114 Å². The minimum absolute atomic E-state index is 0.274. The van der Waals surface area contributed by atoms with Gasteiger partial charge in [-0.25, -0.2) is 0 Å². The summed E-state index contributed by atoms with van der Waals surface area (Å²) in [5.74, 6) is 0. The number of benzene rings is 1. The Morgan fingerprint density at radius 1 is 1.00 bits per heavy atom. The van der Waals surface area contributed by atoms with Crippen molar-refractivity contribution in [3.8, 4) is 0 Å². The standard InChI is InChI=1S/C13H20BNO2S/c1-12(2)13(3,4)17-14(16-12)10-6-8-11(9-7-10)18-15-5/h6-9,15H,1-5H3. The molecule has 0 amide bonds. The van der Waals surface area contributed by atoms with Crippen LogP contribution in [0.4, 0.5) is 0 Å². The van der Waals surface area contributed by atoms with E-state index in [1.54, 1.807) is 11.9 Å². The zero-order valence-corrected chi connectivity index (χ0v) is 12.4. The summed E-state index contributed by atoms with van der Waals surface area (Å²) in [7, 11) is 1.64. The van der Waals surface area contributed by atoms with Crippen LogP contribution in [0.3, 0.4) is 0 Å². The van der Waals surface area contributed by atoms with E-state index in [2.05, 4.69) is 56.7 Å². The molecule has 0 saturated carbocycles. The van der Waals surface area contributed by atoms with Crippen LogP contribution in [-0.4, -0.2) is 25.4 Å². The molecule has 1 aliphatic heterocycles. The van der Waals surface area contributed by atoms with Gasteiger partial charge < -0.3 is 9.31 Å². The summed E-state index contributed by atoms with van der Waals surface area (Å²) < 4.78 is 15.1. The van der Waals surface area contributed by atoms with E-state index in [1.165, 1.54) is 4.90 Å². The topological polar surface area (TPSA) is 30.5 Å². The van der Waals surface area contributed by atoms with Gasteiger partial charge in [0, 0.05) is 4.90 Å². The maximum absolute atomic E-state index is 6.01. The molecule has 0 spiro atoms. The smallest absolute Gasteiger partial charge is 0.399 e. The molecule has 2 rings (SSSR count). The molecule has 5 heteroatoms. The van der Waals surface area contributed by atoms with Crippen LogP contribution < -0.4 is 10.2 Å². The zero-order valence-electron chi connectivity index (χ0n) is 11.6. The van der Waals surface area contributed by atoms with Crippen molar-refractivity contribution in [1.29, 1.82) is 0 Å². The van der Waals surface area contributed by atoms with Crippen molar-refractivity contribution in [2.24, 2.45) is 0 Å². The second-order valence-electron chi connectivity index (χ2n) is 5.46. The maximum Gasteiger partial charge on any atom is 0.494 e. The maximum atomic E-state index is 6.01. The molecule has 0 aromatic heterocycles. The third kappa shape index (κ3) is 2.59. The molecular weight excluding hydrogens is 245 g/mol. The number of hydrogen-bond acceptors (Lipinski definition) is 4. The van der Waals surface area contributed by atoms with Gasteiger partial charge in [-0.3, -0.25) is 4.72 Å². The first kappa shape index (κ1) is 13.9. The molecule has 1 heterocycles. The highest BCUT2D eigenvalue weighted by Crippen LogP contribution is 2.36. The molecule has 18 heavy (non-hydrogen) atoms. The third-order valence-electron chi connectivity index (χ3n) is 3.63. The summed E-state index contributed by atoms with van der Waals surface area (Å²) in [4.78, 5) is 1.18. The van der Waals surface area contributed by atoms with Crippen LogP contribution in [0.15, 0.2) is 29.2 Å². The van der Waals surface area contributed by atoms with E-state index in [0.717, 1.165) is 5.46 Å².